The van der Waals surface area contributed by atoms with E-state index in [0.29, 0.717) is 13.1 Å². The number of carbonyl (C=O) groups excluding carboxylic acids is 2. The summed E-state index contributed by atoms with van der Waals surface area (Å²) in [6, 6.07) is 0. The third kappa shape index (κ3) is 6.01. The Balaban J connectivity index is 2.43. The molecule has 1 saturated heterocycles. The van der Waals surface area contributed by atoms with Crippen LogP contribution < -0.4 is 11.1 Å². The van der Waals surface area contributed by atoms with Crippen molar-refractivity contribution in [3.8, 4) is 0 Å². The summed E-state index contributed by atoms with van der Waals surface area (Å²) in [6.45, 7) is 4.38. The van der Waals surface area contributed by atoms with Crippen molar-refractivity contribution in [3.63, 3.8) is 0 Å². The summed E-state index contributed by atoms with van der Waals surface area (Å²) >= 11 is 0. The first-order chi connectivity index (χ1) is 10.1. The van der Waals surface area contributed by atoms with E-state index in [-0.39, 0.29) is 30.3 Å². The zero-order valence-electron chi connectivity index (χ0n) is 13.3. The van der Waals surface area contributed by atoms with Gasteiger partial charge < -0.3 is 20.7 Å². The Morgan fingerprint density at radius 3 is 2.86 bits per heavy atom. The SMILES string of the molecule is CCCCNC(=O)C1CCCN(C(=O)CC(CN)OC)C1. The van der Waals surface area contributed by atoms with Gasteiger partial charge in [0.2, 0.25) is 11.8 Å². The molecule has 1 aliphatic rings. The van der Waals surface area contributed by atoms with Crippen molar-refractivity contribution in [2.24, 2.45) is 11.7 Å². The highest BCUT2D eigenvalue weighted by Gasteiger charge is 2.28. The molecule has 2 amide bonds. The summed E-state index contributed by atoms with van der Waals surface area (Å²) in [5.74, 6) is 0.0138. The summed E-state index contributed by atoms with van der Waals surface area (Å²) in [7, 11) is 1.56. The second-order valence-corrected chi connectivity index (χ2v) is 5.62. The molecular weight excluding hydrogens is 270 g/mol. The van der Waals surface area contributed by atoms with E-state index in [2.05, 4.69) is 12.2 Å². The molecule has 0 radical (unpaired) electrons. The Morgan fingerprint density at radius 1 is 1.48 bits per heavy atom. The lowest BCUT2D eigenvalue weighted by molar-refractivity contribution is -0.137. The minimum absolute atomic E-state index is 0.0263. The highest BCUT2D eigenvalue weighted by molar-refractivity contribution is 5.81. The number of carbonyl (C=O) groups is 2. The average molecular weight is 299 g/mol. The maximum atomic E-state index is 12.2. The number of nitrogens with two attached hydrogens (primary N) is 1. The monoisotopic (exact) mass is 299 g/mol. The van der Waals surface area contributed by atoms with Crippen molar-refractivity contribution in [2.45, 2.75) is 45.1 Å². The van der Waals surface area contributed by atoms with Gasteiger partial charge in [0.1, 0.15) is 0 Å². The quantitative estimate of drug-likeness (QED) is 0.639. The molecule has 0 aromatic rings. The number of nitrogens with one attached hydrogen (secondary N) is 1. The number of ether oxygens (including phenoxy) is 1. The molecule has 2 atom stereocenters. The maximum absolute atomic E-state index is 12.2. The van der Waals surface area contributed by atoms with Gasteiger partial charge in [-0.25, -0.2) is 0 Å². The van der Waals surface area contributed by atoms with Gasteiger partial charge in [0.05, 0.1) is 18.4 Å². The van der Waals surface area contributed by atoms with Crippen LogP contribution in [0, 0.1) is 5.92 Å². The molecule has 122 valence electrons. The zero-order valence-corrected chi connectivity index (χ0v) is 13.3. The van der Waals surface area contributed by atoms with Gasteiger partial charge in [-0.05, 0) is 19.3 Å². The lowest BCUT2D eigenvalue weighted by atomic mass is 9.96. The van der Waals surface area contributed by atoms with Crippen molar-refractivity contribution in [3.05, 3.63) is 0 Å². The van der Waals surface area contributed by atoms with Gasteiger partial charge in [0, 0.05) is 33.3 Å². The minimum atomic E-state index is -0.240. The van der Waals surface area contributed by atoms with E-state index in [1.807, 2.05) is 0 Å². The summed E-state index contributed by atoms with van der Waals surface area (Å²) < 4.78 is 5.15. The fraction of sp³-hybridized carbons (Fsp3) is 0.867. The summed E-state index contributed by atoms with van der Waals surface area (Å²) in [6.07, 6.45) is 3.83. The molecule has 0 spiro atoms. The number of amides is 2. The molecule has 2 unspecified atom stereocenters. The van der Waals surface area contributed by atoms with Crippen LogP contribution in [-0.2, 0) is 14.3 Å². The molecule has 6 nitrogen and oxygen atoms in total. The molecule has 0 bridgehead atoms. The van der Waals surface area contributed by atoms with Crippen LogP contribution in [0.25, 0.3) is 0 Å². The van der Waals surface area contributed by atoms with Crippen LogP contribution in [0.15, 0.2) is 0 Å². The molecule has 0 aliphatic carbocycles. The predicted octanol–water partition coefficient (Wildman–Crippen LogP) is 0.505. The standard InChI is InChI=1S/C15H29N3O3/c1-3-4-7-17-15(20)12-6-5-8-18(11-12)14(19)9-13(10-16)21-2/h12-13H,3-11,16H2,1-2H3,(H,17,20). The number of hydrogen-bond donors (Lipinski definition) is 2. The number of nitrogens with zero attached hydrogens (tertiary/aromatic N) is 1. The van der Waals surface area contributed by atoms with Gasteiger partial charge >= 0.3 is 0 Å². The normalized spacial score (nSPS) is 20.1. The first-order valence-electron chi connectivity index (χ1n) is 7.90. The Bertz CT molecular complexity index is 332. The van der Waals surface area contributed by atoms with Crippen molar-refractivity contribution in [1.29, 1.82) is 0 Å². The molecule has 1 aliphatic heterocycles. The smallest absolute Gasteiger partial charge is 0.225 e. The van der Waals surface area contributed by atoms with E-state index >= 15 is 0 Å². The van der Waals surface area contributed by atoms with Crippen molar-refractivity contribution >= 4 is 11.8 Å². The number of rotatable bonds is 8. The highest BCUT2D eigenvalue weighted by atomic mass is 16.5. The van der Waals surface area contributed by atoms with Gasteiger partial charge in [-0.3, -0.25) is 9.59 Å². The average Bonchev–Trinajstić information content (AvgIpc) is 2.52. The number of piperidine rings is 1. The number of unbranched alkanes of at least 4 members (excludes halogenated alkanes) is 1. The van der Waals surface area contributed by atoms with Crippen LogP contribution >= 0.6 is 0 Å². The third-order valence-corrected chi connectivity index (χ3v) is 3.97. The van der Waals surface area contributed by atoms with E-state index in [0.717, 1.165) is 38.8 Å². The topological polar surface area (TPSA) is 84.7 Å². The molecule has 3 N–H and O–H groups in total. The van der Waals surface area contributed by atoms with Crippen LogP contribution in [-0.4, -0.2) is 56.1 Å². The maximum Gasteiger partial charge on any atom is 0.225 e. The van der Waals surface area contributed by atoms with Crippen LogP contribution in [0.5, 0.6) is 0 Å². The van der Waals surface area contributed by atoms with Crippen molar-refractivity contribution in [2.75, 3.05) is 33.3 Å². The van der Waals surface area contributed by atoms with Crippen LogP contribution in [0.1, 0.15) is 39.0 Å². The highest BCUT2D eigenvalue weighted by Crippen LogP contribution is 2.18. The van der Waals surface area contributed by atoms with Crippen LogP contribution in [0.4, 0.5) is 0 Å². The second kappa shape index (κ2) is 9.73. The van der Waals surface area contributed by atoms with Gasteiger partial charge in [0.25, 0.3) is 0 Å². The Labute approximate surface area is 127 Å². The van der Waals surface area contributed by atoms with Gasteiger partial charge in [-0.2, -0.15) is 0 Å². The van der Waals surface area contributed by atoms with Crippen molar-refractivity contribution in [1.82, 2.24) is 10.2 Å². The molecule has 1 heterocycles. The van der Waals surface area contributed by atoms with Crippen molar-refractivity contribution < 1.29 is 14.3 Å². The molecule has 21 heavy (non-hydrogen) atoms. The summed E-state index contributed by atoms with van der Waals surface area (Å²) in [5.41, 5.74) is 5.54. The summed E-state index contributed by atoms with van der Waals surface area (Å²) in [5, 5.41) is 2.95. The van der Waals surface area contributed by atoms with Gasteiger partial charge in [0.15, 0.2) is 0 Å². The number of methoxy groups -OCH3 is 1. The lowest BCUT2D eigenvalue weighted by Gasteiger charge is -2.32. The number of hydrogen-bond acceptors (Lipinski definition) is 4. The fourth-order valence-corrected chi connectivity index (χ4v) is 2.54. The van der Waals surface area contributed by atoms with E-state index in [1.54, 1.807) is 12.0 Å². The predicted molar refractivity (Wildman–Crippen MR) is 81.7 cm³/mol. The van der Waals surface area contributed by atoms with E-state index in [4.69, 9.17) is 10.5 Å². The summed E-state index contributed by atoms with van der Waals surface area (Å²) in [4.78, 5) is 26.1. The molecule has 6 heteroatoms. The largest absolute Gasteiger partial charge is 0.380 e. The minimum Gasteiger partial charge on any atom is -0.380 e. The van der Waals surface area contributed by atoms with E-state index in [1.165, 1.54) is 0 Å². The number of likely N-dealkylation sites (tertiary alicyclic amines) is 1. The molecule has 0 aromatic carbocycles. The fourth-order valence-electron chi connectivity index (χ4n) is 2.54. The second-order valence-electron chi connectivity index (χ2n) is 5.62. The molecule has 0 aromatic heterocycles. The Morgan fingerprint density at radius 2 is 2.24 bits per heavy atom. The zero-order chi connectivity index (χ0) is 15.7. The lowest BCUT2D eigenvalue weighted by Crippen LogP contribution is -2.46. The Kier molecular flexibility index (Phi) is 8.30. The first kappa shape index (κ1) is 17.9. The molecule has 1 rings (SSSR count). The first-order valence-corrected chi connectivity index (χ1v) is 7.90. The van der Waals surface area contributed by atoms with E-state index < -0.39 is 0 Å². The van der Waals surface area contributed by atoms with Gasteiger partial charge in [-0.15, -0.1) is 0 Å². The molecular formula is C15H29N3O3. The van der Waals surface area contributed by atoms with Crippen LogP contribution in [0.3, 0.4) is 0 Å². The molecule has 0 saturated carbocycles. The van der Waals surface area contributed by atoms with Gasteiger partial charge in [-0.1, -0.05) is 13.3 Å². The third-order valence-electron chi connectivity index (χ3n) is 3.97. The Hall–Kier alpha value is -1.14. The van der Waals surface area contributed by atoms with E-state index in [9.17, 15) is 9.59 Å². The molecule has 1 fully saturated rings. The van der Waals surface area contributed by atoms with Crippen LogP contribution in [0.2, 0.25) is 0 Å².